The highest BCUT2D eigenvalue weighted by atomic mass is 16.5. The quantitative estimate of drug-likeness (QED) is 0.585. The third-order valence-electron chi connectivity index (χ3n) is 3.84. The molecule has 3 nitrogen and oxygen atoms in total. The van der Waals surface area contributed by atoms with Crippen molar-refractivity contribution in [3.8, 4) is 11.5 Å². The van der Waals surface area contributed by atoms with Crippen LogP contribution in [0.15, 0.2) is 42.5 Å². The molecule has 0 fully saturated rings. The first-order valence-corrected chi connectivity index (χ1v) is 7.79. The van der Waals surface area contributed by atoms with Gasteiger partial charge >= 0.3 is 0 Å². The number of aryl methyl sites for hydroxylation is 2. The number of ether oxygens (including phenoxy) is 2. The van der Waals surface area contributed by atoms with Crippen LogP contribution in [0.5, 0.6) is 11.5 Å². The number of benzene rings is 2. The van der Waals surface area contributed by atoms with Crippen molar-refractivity contribution in [3.05, 3.63) is 53.6 Å². The Kier molecular flexibility index (Phi) is 6.13. The van der Waals surface area contributed by atoms with Gasteiger partial charge in [0.2, 0.25) is 0 Å². The fraction of sp³-hybridized carbons (Fsp3) is 0.368. The second-order valence-corrected chi connectivity index (χ2v) is 5.47. The first kappa shape index (κ1) is 16.2. The molecule has 0 amide bonds. The highest BCUT2D eigenvalue weighted by Gasteiger charge is 2.09. The molecule has 2 aromatic rings. The summed E-state index contributed by atoms with van der Waals surface area (Å²) in [5.41, 5.74) is 9.27. The number of rotatable bonds is 8. The summed E-state index contributed by atoms with van der Waals surface area (Å²) in [7, 11) is 3.25. The summed E-state index contributed by atoms with van der Waals surface area (Å²) in [6.45, 7) is 0. The van der Waals surface area contributed by atoms with Crippen molar-refractivity contribution in [1.82, 2.24) is 0 Å². The van der Waals surface area contributed by atoms with E-state index in [2.05, 4.69) is 30.3 Å². The van der Waals surface area contributed by atoms with Crippen LogP contribution in [0.1, 0.15) is 30.4 Å². The van der Waals surface area contributed by atoms with Crippen LogP contribution in [-0.4, -0.2) is 14.2 Å². The Labute approximate surface area is 133 Å². The van der Waals surface area contributed by atoms with Gasteiger partial charge in [0.1, 0.15) is 0 Å². The highest BCUT2D eigenvalue weighted by Crippen LogP contribution is 2.34. The molecular formula is C19H25NO2. The van der Waals surface area contributed by atoms with E-state index in [1.165, 1.54) is 24.0 Å². The van der Waals surface area contributed by atoms with E-state index in [0.717, 1.165) is 19.3 Å². The van der Waals surface area contributed by atoms with Crippen LogP contribution in [0.2, 0.25) is 0 Å². The molecule has 0 aliphatic rings. The Balaban J connectivity index is 1.81. The number of nitrogens with two attached hydrogens (primary N) is 1. The van der Waals surface area contributed by atoms with Crippen LogP contribution >= 0.6 is 0 Å². The molecule has 0 atom stereocenters. The number of nitrogen functional groups attached to an aromatic ring is 1. The number of methoxy groups -OCH3 is 2. The van der Waals surface area contributed by atoms with E-state index in [9.17, 15) is 0 Å². The zero-order chi connectivity index (χ0) is 15.8. The lowest BCUT2D eigenvalue weighted by Gasteiger charge is -2.12. The Morgan fingerprint density at radius 3 is 2.14 bits per heavy atom. The molecule has 0 aliphatic carbocycles. The predicted molar refractivity (Wildman–Crippen MR) is 91.7 cm³/mol. The van der Waals surface area contributed by atoms with Gasteiger partial charge < -0.3 is 15.2 Å². The van der Waals surface area contributed by atoms with Crippen LogP contribution in [-0.2, 0) is 12.8 Å². The van der Waals surface area contributed by atoms with Gasteiger partial charge in [0, 0.05) is 0 Å². The molecule has 0 aliphatic heterocycles. The largest absolute Gasteiger partial charge is 0.493 e. The molecule has 22 heavy (non-hydrogen) atoms. The monoisotopic (exact) mass is 299 g/mol. The molecule has 0 bridgehead atoms. The summed E-state index contributed by atoms with van der Waals surface area (Å²) in [4.78, 5) is 0. The molecule has 2 aromatic carbocycles. The van der Waals surface area contributed by atoms with Crippen molar-refractivity contribution >= 4 is 5.69 Å². The number of anilines is 1. The standard InChI is InChI=1S/C19H25NO2/c1-21-18-14-16(13-17(20)19(18)22-2)12-8-4-7-11-15-9-5-3-6-10-15/h3,5-6,9-10,13-14H,4,7-8,11-12,20H2,1-2H3. The second-order valence-electron chi connectivity index (χ2n) is 5.47. The Morgan fingerprint density at radius 2 is 1.50 bits per heavy atom. The van der Waals surface area contributed by atoms with Gasteiger partial charge in [0.15, 0.2) is 11.5 Å². The zero-order valence-corrected chi connectivity index (χ0v) is 13.5. The summed E-state index contributed by atoms with van der Waals surface area (Å²) in [5.74, 6) is 1.33. The number of hydrogen-bond donors (Lipinski definition) is 1. The number of unbranched alkanes of at least 4 members (excludes halogenated alkanes) is 2. The topological polar surface area (TPSA) is 44.5 Å². The summed E-state index contributed by atoms with van der Waals surface area (Å²) >= 11 is 0. The third-order valence-corrected chi connectivity index (χ3v) is 3.84. The Morgan fingerprint density at radius 1 is 0.818 bits per heavy atom. The van der Waals surface area contributed by atoms with Crippen molar-refractivity contribution < 1.29 is 9.47 Å². The van der Waals surface area contributed by atoms with Crippen LogP contribution in [0.4, 0.5) is 5.69 Å². The van der Waals surface area contributed by atoms with E-state index in [-0.39, 0.29) is 0 Å². The van der Waals surface area contributed by atoms with Gasteiger partial charge in [0.05, 0.1) is 19.9 Å². The number of hydrogen-bond acceptors (Lipinski definition) is 3. The molecule has 2 N–H and O–H groups in total. The van der Waals surface area contributed by atoms with Crippen LogP contribution in [0.3, 0.4) is 0 Å². The molecule has 3 heteroatoms. The maximum Gasteiger partial charge on any atom is 0.183 e. The van der Waals surface area contributed by atoms with E-state index in [1.54, 1.807) is 14.2 Å². The van der Waals surface area contributed by atoms with Crippen LogP contribution < -0.4 is 15.2 Å². The van der Waals surface area contributed by atoms with Crippen LogP contribution in [0.25, 0.3) is 0 Å². The minimum atomic E-state index is 0.621. The summed E-state index contributed by atoms with van der Waals surface area (Å²) < 4.78 is 10.6. The average Bonchev–Trinajstić information content (AvgIpc) is 2.55. The van der Waals surface area contributed by atoms with Crippen LogP contribution in [0, 0.1) is 0 Å². The minimum Gasteiger partial charge on any atom is -0.493 e. The van der Waals surface area contributed by atoms with Crippen molar-refractivity contribution in [2.75, 3.05) is 20.0 Å². The lowest BCUT2D eigenvalue weighted by Crippen LogP contribution is -1.98. The third kappa shape index (κ3) is 4.42. The van der Waals surface area contributed by atoms with Gasteiger partial charge in [-0.3, -0.25) is 0 Å². The molecule has 2 rings (SSSR count). The zero-order valence-electron chi connectivity index (χ0n) is 13.5. The Hall–Kier alpha value is -2.16. The predicted octanol–water partition coefficient (Wildman–Crippen LogP) is 4.24. The van der Waals surface area contributed by atoms with Gasteiger partial charge in [-0.15, -0.1) is 0 Å². The van der Waals surface area contributed by atoms with E-state index in [4.69, 9.17) is 15.2 Å². The summed E-state index contributed by atoms with van der Waals surface area (Å²) in [6.07, 6.45) is 5.74. The fourth-order valence-electron chi connectivity index (χ4n) is 2.68. The molecule has 0 aromatic heterocycles. The molecule has 0 saturated heterocycles. The maximum absolute atomic E-state index is 6.01. The molecule has 0 unspecified atom stereocenters. The summed E-state index contributed by atoms with van der Waals surface area (Å²) in [6, 6.07) is 14.6. The van der Waals surface area contributed by atoms with Crippen molar-refractivity contribution in [2.24, 2.45) is 0 Å². The SMILES string of the molecule is COc1cc(CCCCCc2ccccc2)cc(N)c1OC. The van der Waals surface area contributed by atoms with Crippen molar-refractivity contribution in [3.63, 3.8) is 0 Å². The highest BCUT2D eigenvalue weighted by molar-refractivity contribution is 5.62. The smallest absolute Gasteiger partial charge is 0.183 e. The van der Waals surface area contributed by atoms with Gasteiger partial charge in [-0.05, 0) is 48.9 Å². The molecule has 0 saturated carbocycles. The van der Waals surface area contributed by atoms with Gasteiger partial charge in [-0.2, -0.15) is 0 Å². The first-order chi connectivity index (χ1) is 10.7. The fourth-order valence-corrected chi connectivity index (χ4v) is 2.68. The lowest BCUT2D eigenvalue weighted by atomic mass is 10.0. The first-order valence-electron chi connectivity index (χ1n) is 7.79. The van der Waals surface area contributed by atoms with E-state index >= 15 is 0 Å². The lowest BCUT2D eigenvalue weighted by molar-refractivity contribution is 0.356. The minimum absolute atomic E-state index is 0.621. The van der Waals surface area contributed by atoms with Crippen molar-refractivity contribution in [1.29, 1.82) is 0 Å². The van der Waals surface area contributed by atoms with Gasteiger partial charge in [-0.25, -0.2) is 0 Å². The Bertz CT molecular complexity index is 581. The molecule has 0 heterocycles. The average molecular weight is 299 g/mol. The normalized spacial score (nSPS) is 10.5. The molecule has 0 radical (unpaired) electrons. The van der Waals surface area contributed by atoms with Crippen molar-refractivity contribution in [2.45, 2.75) is 32.1 Å². The van der Waals surface area contributed by atoms with E-state index < -0.39 is 0 Å². The molecule has 0 spiro atoms. The molecular weight excluding hydrogens is 274 g/mol. The van der Waals surface area contributed by atoms with Gasteiger partial charge in [-0.1, -0.05) is 36.8 Å². The van der Waals surface area contributed by atoms with E-state index in [0.29, 0.717) is 17.2 Å². The maximum atomic E-state index is 6.01. The second kappa shape index (κ2) is 8.32. The van der Waals surface area contributed by atoms with Gasteiger partial charge in [0.25, 0.3) is 0 Å². The summed E-state index contributed by atoms with van der Waals surface area (Å²) in [5, 5.41) is 0. The van der Waals surface area contributed by atoms with E-state index in [1.807, 2.05) is 12.1 Å². The molecule has 118 valence electrons.